The van der Waals surface area contributed by atoms with Crippen LogP contribution in [0.3, 0.4) is 0 Å². The van der Waals surface area contributed by atoms with Crippen LogP contribution in [-0.4, -0.2) is 26.2 Å². The van der Waals surface area contributed by atoms with Gasteiger partial charge in [0.2, 0.25) is 0 Å². The summed E-state index contributed by atoms with van der Waals surface area (Å²) in [7, 11) is 1.69. The third-order valence-electron chi connectivity index (χ3n) is 3.42. The van der Waals surface area contributed by atoms with Crippen LogP contribution in [0.5, 0.6) is 5.75 Å². The molecule has 0 heterocycles. The van der Waals surface area contributed by atoms with Gasteiger partial charge in [-0.15, -0.1) is 0 Å². The highest BCUT2D eigenvalue weighted by molar-refractivity contribution is 5.69. The van der Waals surface area contributed by atoms with Gasteiger partial charge >= 0.3 is 5.97 Å². The Bertz CT molecular complexity index is 432. The number of aryl methyl sites for hydroxylation is 2. The largest absolute Gasteiger partial charge is 0.496 e. The lowest BCUT2D eigenvalue weighted by atomic mass is 10.0. The summed E-state index contributed by atoms with van der Waals surface area (Å²) in [5.41, 5.74) is 7.87. The molecule has 21 heavy (non-hydrogen) atoms. The van der Waals surface area contributed by atoms with Gasteiger partial charge in [-0.3, -0.25) is 4.79 Å². The SMILES string of the molecule is CCOC(=O)CCc1ccc(OC)c(CCCCCN)c1. The molecule has 4 nitrogen and oxygen atoms in total. The summed E-state index contributed by atoms with van der Waals surface area (Å²) in [5, 5.41) is 0. The van der Waals surface area contributed by atoms with Crippen LogP contribution in [0, 0.1) is 0 Å². The molecule has 1 aromatic carbocycles. The standard InChI is InChI=1S/C17H27NO3/c1-3-21-17(19)11-9-14-8-10-16(20-2)15(13-14)7-5-4-6-12-18/h8,10,13H,3-7,9,11-12,18H2,1-2H3. The third-order valence-corrected chi connectivity index (χ3v) is 3.42. The zero-order valence-corrected chi connectivity index (χ0v) is 13.2. The number of hydrogen-bond donors (Lipinski definition) is 1. The molecule has 2 N–H and O–H groups in total. The number of rotatable bonds is 10. The number of esters is 1. The molecule has 0 bridgehead atoms. The maximum absolute atomic E-state index is 11.4. The monoisotopic (exact) mass is 293 g/mol. The second-order valence-electron chi connectivity index (χ2n) is 5.05. The molecule has 1 aromatic rings. The fourth-order valence-electron chi connectivity index (χ4n) is 2.30. The average Bonchev–Trinajstić information content (AvgIpc) is 2.50. The number of carbonyl (C=O) groups is 1. The molecule has 0 aliphatic rings. The fourth-order valence-corrected chi connectivity index (χ4v) is 2.30. The lowest BCUT2D eigenvalue weighted by Gasteiger charge is -2.11. The van der Waals surface area contributed by atoms with Gasteiger partial charge in [-0.1, -0.05) is 18.6 Å². The topological polar surface area (TPSA) is 61.5 Å². The van der Waals surface area contributed by atoms with Crippen molar-refractivity contribution in [3.63, 3.8) is 0 Å². The van der Waals surface area contributed by atoms with Gasteiger partial charge < -0.3 is 15.2 Å². The molecule has 0 unspecified atom stereocenters. The van der Waals surface area contributed by atoms with E-state index in [1.807, 2.05) is 19.1 Å². The summed E-state index contributed by atoms with van der Waals surface area (Å²) in [6.45, 7) is 3.01. The van der Waals surface area contributed by atoms with Gasteiger partial charge in [0.15, 0.2) is 0 Å². The number of nitrogens with two attached hydrogens (primary N) is 1. The summed E-state index contributed by atoms with van der Waals surface area (Å²) in [6.07, 6.45) is 5.41. The molecule has 0 aliphatic carbocycles. The Labute approximate surface area is 127 Å². The first-order valence-electron chi connectivity index (χ1n) is 7.72. The number of carbonyl (C=O) groups excluding carboxylic acids is 1. The van der Waals surface area contributed by atoms with Crippen LogP contribution in [0.1, 0.15) is 43.7 Å². The molecule has 118 valence electrons. The first-order chi connectivity index (χ1) is 10.2. The van der Waals surface area contributed by atoms with E-state index >= 15 is 0 Å². The molecule has 0 aromatic heterocycles. The second-order valence-corrected chi connectivity index (χ2v) is 5.05. The summed E-state index contributed by atoms with van der Waals surface area (Å²) in [5.74, 6) is 0.778. The molecule has 0 saturated heterocycles. The normalized spacial score (nSPS) is 10.4. The van der Waals surface area contributed by atoms with E-state index < -0.39 is 0 Å². The van der Waals surface area contributed by atoms with Gasteiger partial charge in [-0.05, 0) is 56.3 Å². The lowest BCUT2D eigenvalue weighted by Crippen LogP contribution is -2.05. The van der Waals surface area contributed by atoms with E-state index in [-0.39, 0.29) is 5.97 Å². The minimum Gasteiger partial charge on any atom is -0.496 e. The van der Waals surface area contributed by atoms with E-state index in [0.29, 0.717) is 19.4 Å². The van der Waals surface area contributed by atoms with Crippen molar-refractivity contribution in [2.75, 3.05) is 20.3 Å². The van der Waals surface area contributed by atoms with Crippen molar-refractivity contribution in [3.8, 4) is 5.75 Å². The molecular formula is C17H27NO3. The van der Waals surface area contributed by atoms with Crippen molar-refractivity contribution in [3.05, 3.63) is 29.3 Å². The molecule has 0 aliphatic heterocycles. The number of unbranched alkanes of at least 4 members (excludes halogenated alkanes) is 2. The van der Waals surface area contributed by atoms with Crippen molar-refractivity contribution in [2.45, 2.75) is 45.4 Å². The van der Waals surface area contributed by atoms with Crippen molar-refractivity contribution in [2.24, 2.45) is 5.73 Å². The van der Waals surface area contributed by atoms with Crippen molar-refractivity contribution < 1.29 is 14.3 Å². The quantitative estimate of drug-likeness (QED) is 0.532. The molecule has 0 fully saturated rings. The molecule has 4 heteroatoms. The van der Waals surface area contributed by atoms with Gasteiger partial charge in [-0.25, -0.2) is 0 Å². The van der Waals surface area contributed by atoms with Crippen molar-refractivity contribution in [1.82, 2.24) is 0 Å². The highest BCUT2D eigenvalue weighted by atomic mass is 16.5. The fraction of sp³-hybridized carbons (Fsp3) is 0.588. The second kappa shape index (κ2) is 10.2. The summed E-state index contributed by atoms with van der Waals surface area (Å²) in [6, 6.07) is 6.14. The Kier molecular flexibility index (Phi) is 8.51. The molecule has 0 amide bonds. The summed E-state index contributed by atoms with van der Waals surface area (Å²) < 4.78 is 10.4. The van der Waals surface area contributed by atoms with Gasteiger partial charge in [0.05, 0.1) is 13.7 Å². The van der Waals surface area contributed by atoms with Crippen LogP contribution < -0.4 is 10.5 Å². The Morgan fingerprint density at radius 1 is 1.19 bits per heavy atom. The maximum Gasteiger partial charge on any atom is 0.306 e. The Morgan fingerprint density at radius 2 is 2.00 bits per heavy atom. The minimum atomic E-state index is -0.141. The van der Waals surface area contributed by atoms with E-state index in [9.17, 15) is 4.79 Å². The molecular weight excluding hydrogens is 266 g/mol. The van der Waals surface area contributed by atoms with E-state index in [0.717, 1.165) is 43.5 Å². The van der Waals surface area contributed by atoms with E-state index in [4.69, 9.17) is 15.2 Å². The van der Waals surface area contributed by atoms with Gasteiger partial charge in [0, 0.05) is 6.42 Å². The lowest BCUT2D eigenvalue weighted by molar-refractivity contribution is -0.143. The summed E-state index contributed by atoms with van der Waals surface area (Å²) >= 11 is 0. The van der Waals surface area contributed by atoms with Gasteiger partial charge in [-0.2, -0.15) is 0 Å². The van der Waals surface area contributed by atoms with E-state index in [1.165, 1.54) is 5.56 Å². The Morgan fingerprint density at radius 3 is 2.67 bits per heavy atom. The third kappa shape index (κ3) is 6.63. The molecule has 0 spiro atoms. The number of ether oxygens (including phenoxy) is 2. The highest BCUT2D eigenvalue weighted by Gasteiger charge is 2.07. The molecule has 0 atom stereocenters. The van der Waals surface area contributed by atoms with E-state index in [2.05, 4.69) is 6.07 Å². The zero-order chi connectivity index (χ0) is 15.5. The van der Waals surface area contributed by atoms with Crippen LogP contribution in [0.2, 0.25) is 0 Å². The smallest absolute Gasteiger partial charge is 0.306 e. The van der Waals surface area contributed by atoms with Crippen LogP contribution in [0.4, 0.5) is 0 Å². The number of benzene rings is 1. The maximum atomic E-state index is 11.4. The van der Waals surface area contributed by atoms with Crippen LogP contribution >= 0.6 is 0 Å². The predicted octanol–water partition coefficient (Wildman–Crippen LogP) is 2.86. The average molecular weight is 293 g/mol. The molecule has 1 rings (SSSR count). The molecule has 0 saturated carbocycles. The zero-order valence-electron chi connectivity index (χ0n) is 13.2. The summed E-state index contributed by atoms with van der Waals surface area (Å²) in [4.78, 5) is 11.4. The first-order valence-corrected chi connectivity index (χ1v) is 7.72. The highest BCUT2D eigenvalue weighted by Crippen LogP contribution is 2.23. The Hall–Kier alpha value is -1.55. The van der Waals surface area contributed by atoms with E-state index in [1.54, 1.807) is 7.11 Å². The minimum absolute atomic E-state index is 0.141. The predicted molar refractivity (Wildman–Crippen MR) is 84.6 cm³/mol. The molecule has 0 radical (unpaired) electrons. The Balaban J connectivity index is 2.59. The van der Waals surface area contributed by atoms with Gasteiger partial charge in [0.1, 0.15) is 5.75 Å². The van der Waals surface area contributed by atoms with Crippen molar-refractivity contribution in [1.29, 1.82) is 0 Å². The van der Waals surface area contributed by atoms with Gasteiger partial charge in [0.25, 0.3) is 0 Å². The van der Waals surface area contributed by atoms with Crippen LogP contribution in [-0.2, 0) is 22.4 Å². The number of methoxy groups -OCH3 is 1. The first kappa shape index (κ1) is 17.5. The van der Waals surface area contributed by atoms with Crippen molar-refractivity contribution >= 4 is 5.97 Å². The number of hydrogen-bond acceptors (Lipinski definition) is 4. The van der Waals surface area contributed by atoms with Crippen LogP contribution in [0.15, 0.2) is 18.2 Å². The van der Waals surface area contributed by atoms with Crippen LogP contribution in [0.25, 0.3) is 0 Å².